The fourth-order valence-corrected chi connectivity index (χ4v) is 7.92. The van der Waals surface area contributed by atoms with Gasteiger partial charge in [-0.25, -0.2) is 4.39 Å². The Balaban J connectivity index is 0.888. The van der Waals surface area contributed by atoms with Crippen molar-refractivity contribution in [1.82, 2.24) is 0 Å². The second kappa shape index (κ2) is 14.6. The van der Waals surface area contributed by atoms with E-state index >= 15 is 0 Å². The Bertz CT molecular complexity index is 2070. The van der Waals surface area contributed by atoms with Crippen LogP contribution in [0, 0.1) is 5.82 Å². The van der Waals surface area contributed by atoms with E-state index in [0.29, 0.717) is 46.4 Å². The Morgan fingerprint density at radius 3 is 2.25 bits per heavy atom. The van der Waals surface area contributed by atoms with Gasteiger partial charge in [-0.3, -0.25) is 9.59 Å². The number of fused-ring (bicyclic) bond motifs is 3. The van der Waals surface area contributed by atoms with Crippen molar-refractivity contribution in [2.75, 3.05) is 7.11 Å². The molecule has 53 heavy (non-hydrogen) atoms. The first-order chi connectivity index (χ1) is 25.2. The number of hydrogen-bond donors (Lipinski definition) is 0. The smallest absolute Gasteiger partial charge is 0.314 e. The molecule has 0 aromatic heterocycles. The molecule has 0 spiro atoms. The third-order valence-corrected chi connectivity index (χ3v) is 10.2. The van der Waals surface area contributed by atoms with Crippen LogP contribution in [0.25, 0.3) is 0 Å². The van der Waals surface area contributed by atoms with Crippen molar-refractivity contribution in [1.29, 1.82) is 0 Å². The highest BCUT2D eigenvalue weighted by atomic mass is 35.5. The zero-order chi connectivity index (χ0) is 37.5. The molecule has 0 bridgehead atoms. The molecule has 0 saturated heterocycles. The second-order valence-corrected chi connectivity index (χ2v) is 15.8. The standard InChI is InChI=1S/C43H44ClFO8/c1-42(2)21-28-15-32(44)16-30(40(28)52-42)24-50-36-12-6-25(14-37(36)48-5)7-13-38(46)51-39(47)20-27-9-8-26-19-34(10-11-35(26)27)49-23-31-18-33(45)17-29-22-43(3,4)53-41(29)31/h6,10-12,14-19,27H,7-9,13,20-24H2,1-5H3. The third-order valence-electron chi connectivity index (χ3n) is 9.98. The van der Waals surface area contributed by atoms with Crippen molar-refractivity contribution >= 4 is 23.5 Å². The Morgan fingerprint density at radius 2 is 1.51 bits per heavy atom. The molecule has 2 aliphatic heterocycles. The summed E-state index contributed by atoms with van der Waals surface area (Å²) in [5.41, 5.74) is 5.73. The first-order valence-electron chi connectivity index (χ1n) is 18.0. The van der Waals surface area contributed by atoms with E-state index in [0.717, 1.165) is 58.4 Å². The number of benzene rings is 4. The van der Waals surface area contributed by atoms with Crippen molar-refractivity contribution in [2.24, 2.45) is 0 Å². The maximum absolute atomic E-state index is 14.3. The highest BCUT2D eigenvalue weighted by Gasteiger charge is 2.34. The fraction of sp³-hybridized carbons (Fsp3) is 0.395. The molecular formula is C43H44ClFO8. The summed E-state index contributed by atoms with van der Waals surface area (Å²) in [7, 11) is 1.56. The highest BCUT2D eigenvalue weighted by molar-refractivity contribution is 6.30. The number of carbonyl (C=O) groups is 2. The van der Waals surface area contributed by atoms with Crippen LogP contribution in [0.4, 0.5) is 4.39 Å². The van der Waals surface area contributed by atoms with Gasteiger partial charge in [-0.05, 0) is 124 Å². The predicted octanol–water partition coefficient (Wildman–Crippen LogP) is 9.20. The minimum atomic E-state index is -0.579. The van der Waals surface area contributed by atoms with Crippen LogP contribution in [0.1, 0.15) is 91.8 Å². The Morgan fingerprint density at radius 1 is 0.811 bits per heavy atom. The van der Waals surface area contributed by atoms with Crippen LogP contribution < -0.4 is 23.7 Å². The lowest BCUT2D eigenvalue weighted by atomic mass is 9.98. The second-order valence-electron chi connectivity index (χ2n) is 15.4. The quantitative estimate of drug-likeness (QED) is 0.105. The summed E-state index contributed by atoms with van der Waals surface area (Å²) in [6.07, 6.45) is 3.47. The van der Waals surface area contributed by atoms with E-state index < -0.39 is 11.9 Å². The predicted molar refractivity (Wildman–Crippen MR) is 198 cm³/mol. The molecule has 1 unspecified atom stereocenters. The van der Waals surface area contributed by atoms with E-state index in [1.807, 2.05) is 70.2 Å². The van der Waals surface area contributed by atoms with Gasteiger partial charge < -0.3 is 28.4 Å². The number of aryl methyl sites for hydroxylation is 2. The van der Waals surface area contributed by atoms with Gasteiger partial charge in [0.1, 0.15) is 47.5 Å². The summed E-state index contributed by atoms with van der Waals surface area (Å²) in [5, 5.41) is 0.631. The molecule has 2 heterocycles. The minimum Gasteiger partial charge on any atom is -0.493 e. The largest absolute Gasteiger partial charge is 0.493 e. The molecule has 0 N–H and O–H groups in total. The molecule has 4 aromatic rings. The van der Waals surface area contributed by atoms with E-state index in [2.05, 4.69) is 0 Å². The van der Waals surface area contributed by atoms with Gasteiger partial charge in [0.2, 0.25) is 0 Å². The SMILES string of the molecule is COc1cc(CCC(=O)OC(=O)CC2CCc3cc(OCc4cc(F)cc5c4OC(C)(C)C5)ccc32)ccc1OCc1cc(Cl)cc2c1OC(C)(C)C2. The summed E-state index contributed by atoms with van der Waals surface area (Å²) in [6.45, 7) is 8.48. The molecule has 278 valence electrons. The molecule has 0 radical (unpaired) electrons. The molecule has 4 aromatic carbocycles. The van der Waals surface area contributed by atoms with Crippen LogP contribution >= 0.6 is 11.6 Å². The fourth-order valence-electron chi connectivity index (χ4n) is 7.66. The van der Waals surface area contributed by atoms with Gasteiger partial charge in [0, 0.05) is 34.6 Å². The maximum atomic E-state index is 14.3. The lowest BCUT2D eigenvalue weighted by Crippen LogP contribution is -2.25. The van der Waals surface area contributed by atoms with Gasteiger partial charge in [-0.2, -0.15) is 0 Å². The molecule has 1 atom stereocenters. The van der Waals surface area contributed by atoms with Crippen LogP contribution in [-0.2, 0) is 53.2 Å². The van der Waals surface area contributed by atoms with E-state index in [1.54, 1.807) is 13.2 Å². The lowest BCUT2D eigenvalue weighted by Gasteiger charge is -2.19. The molecule has 8 nitrogen and oxygen atoms in total. The number of methoxy groups -OCH3 is 1. The summed E-state index contributed by atoms with van der Waals surface area (Å²) in [5.74, 6) is 1.76. The Labute approximate surface area is 314 Å². The molecule has 7 rings (SSSR count). The van der Waals surface area contributed by atoms with Crippen LogP contribution in [0.15, 0.2) is 60.7 Å². The average molecular weight is 743 g/mol. The van der Waals surface area contributed by atoms with Crippen LogP contribution in [0.3, 0.4) is 0 Å². The van der Waals surface area contributed by atoms with Crippen LogP contribution in [0.5, 0.6) is 28.7 Å². The molecule has 10 heteroatoms. The number of esters is 2. The average Bonchev–Trinajstić information content (AvgIpc) is 3.74. The van der Waals surface area contributed by atoms with Crippen LogP contribution in [0.2, 0.25) is 5.02 Å². The monoisotopic (exact) mass is 742 g/mol. The van der Waals surface area contributed by atoms with Gasteiger partial charge in [0.25, 0.3) is 0 Å². The van der Waals surface area contributed by atoms with E-state index in [9.17, 15) is 14.0 Å². The summed E-state index contributed by atoms with van der Waals surface area (Å²) in [4.78, 5) is 25.5. The molecule has 0 fully saturated rings. The van der Waals surface area contributed by atoms with Gasteiger partial charge in [-0.15, -0.1) is 0 Å². The first kappa shape index (κ1) is 36.6. The van der Waals surface area contributed by atoms with Crippen molar-refractivity contribution in [3.8, 4) is 28.7 Å². The van der Waals surface area contributed by atoms with Gasteiger partial charge in [0.05, 0.1) is 20.0 Å². The van der Waals surface area contributed by atoms with Crippen LogP contribution in [-0.4, -0.2) is 30.3 Å². The molecule has 0 amide bonds. The van der Waals surface area contributed by atoms with Crippen molar-refractivity contribution in [2.45, 2.75) is 103 Å². The zero-order valence-electron chi connectivity index (χ0n) is 30.7. The number of carbonyl (C=O) groups excluding carboxylic acids is 2. The van der Waals surface area contributed by atoms with Gasteiger partial charge in [-0.1, -0.05) is 23.7 Å². The van der Waals surface area contributed by atoms with Crippen molar-refractivity contribution in [3.05, 3.63) is 110 Å². The molecule has 3 aliphatic rings. The Kier molecular flexibility index (Phi) is 10.1. The molecular weight excluding hydrogens is 699 g/mol. The van der Waals surface area contributed by atoms with E-state index in [4.69, 9.17) is 40.0 Å². The summed E-state index contributed by atoms with van der Waals surface area (Å²) < 4.78 is 49.6. The van der Waals surface area contributed by atoms with Gasteiger partial charge >= 0.3 is 11.9 Å². The third kappa shape index (κ3) is 8.41. The highest BCUT2D eigenvalue weighted by Crippen LogP contribution is 2.42. The topological polar surface area (TPSA) is 89.5 Å². The van der Waals surface area contributed by atoms with E-state index in [-0.39, 0.29) is 49.0 Å². The molecule has 1 aliphatic carbocycles. The first-order valence-corrected chi connectivity index (χ1v) is 18.4. The normalized spacial score (nSPS) is 17.2. The number of halogens is 2. The van der Waals surface area contributed by atoms with E-state index in [1.165, 1.54) is 12.1 Å². The number of ether oxygens (including phenoxy) is 6. The maximum Gasteiger partial charge on any atom is 0.314 e. The minimum absolute atomic E-state index is 0.0376. The number of hydrogen-bond acceptors (Lipinski definition) is 8. The van der Waals surface area contributed by atoms with Crippen molar-refractivity contribution < 1.29 is 42.4 Å². The molecule has 0 saturated carbocycles. The zero-order valence-corrected chi connectivity index (χ0v) is 31.5. The summed E-state index contributed by atoms with van der Waals surface area (Å²) >= 11 is 6.38. The lowest BCUT2D eigenvalue weighted by molar-refractivity contribution is -0.159. The Hall–Kier alpha value is -4.76. The summed E-state index contributed by atoms with van der Waals surface area (Å²) in [6, 6.07) is 18.1. The number of rotatable bonds is 12. The van der Waals surface area contributed by atoms with Crippen molar-refractivity contribution in [3.63, 3.8) is 0 Å². The van der Waals surface area contributed by atoms with Gasteiger partial charge in [0.15, 0.2) is 11.5 Å².